The summed E-state index contributed by atoms with van der Waals surface area (Å²) in [6, 6.07) is 0. The normalized spacial score (nSPS) is 34.3. The van der Waals surface area contributed by atoms with Crippen molar-refractivity contribution in [1.29, 1.82) is 0 Å². The first kappa shape index (κ1) is 12.8. The number of ether oxygens (including phenoxy) is 1. The van der Waals surface area contributed by atoms with E-state index in [-0.39, 0.29) is 11.8 Å². The highest BCUT2D eigenvalue weighted by Crippen LogP contribution is 2.21. The Bertz CT molecular complexity index is 252. The van der Waals surface area contributed by atoms with Crippen molar-refractivity contribution in [3.63, 3.8) is 0 Å². The predicted octanol–water partition coefficient (Wildman–Crippen LogP) is 0.775. The summed E-state index contributed by atoms with van der Waals surface area (Å²) in [5.41, 5.74) is 0. The van der Waals surface area contributed by atoms with Gasteiger partial charge < -0.3 is 15.4 Å². The highest BCUT2D eigenvalue weighted by Gasteiger charge is 2.28. The summed E-state index contributed by atoms with van der Waals surface area (Å²) < 4.78 is 5.37. The minimum Gasteiger partial charge on any atom is -0.381 e. The second-order valence-corrected chi connectivity index (χ2v) is 5.40. The van der Waals surface area contributed by atoms with E-state index in [4.69, 9.17) is 4.74 Å². The molecule has 0 aliphatic carbocycles. The van der Waals surface area contributed by atoms with Crippen LogP contribution in [0.3, 0.4) is 0 Å². The van der Waals surface area contributed by atoms with Crippen LogP contribution < -0.4 is 10.6 Å². The van der Waals surface area contributed by atoms with Gasteiger partial charge in [-0.1, -0.05) is 6.92 Å². The number of piperidine rings is 1. The van der Waals surface area contributed by atoms with Crippen molar-refractivity contribution in [3.8, 4) is 0 Å². The monoisotopic (exact) mass is 240 g/mol. The van der Waals surface area contributed by atoms with Crippen LogP contribution in [0, 0.1) is 17.8 Å². The van der Waals surface area contributed by atoms with Gasteiger partial charge in [0.15, 0.2) is 0 Å². The molecule has 2 aliphatic heterocycles. The lowest BCUT2D eigenvalue weighted by Crippen LogP contribution is -2.43. The Labute approximate surface area is 103 Å². The molecule has 3 unspecified atom stereocenters. The minimum absolute atomic E-state index is 0.153. The predicted molar refractivity (Wildman–Crippen MR) is 66.7 cm³/mol. The van der Waals surface area contributed by atoms with Crippen LogP contribution in [0.25, 0.3) is 0 Å². The molecule has 4 nitrogen and oxygen atoms in total. The van der Waals surface area contributed by atoms with Gasteiger partial charge in [-0.25, -0.2) is 0 Å². The third-order valence-corrected chi connectivity index (χ3v) is 3.94. The largest absolute Gasteiger partial charge is 0.381 e. The Morgan fingerprint density at radius 2 is 2.35 bits per heavy atom. The van der Waals surface area contributed by atoms with Gasteiger partial charge in [-0.05, 0) is 44.2 Å². The summed E-state index contributed by atoms with van der Waals surface area (Å²) >= 11 is 0. The standard InChI is InChI=1S/C13H24N2O2/c1-10-9-17-6-4-12(10)13(16)15-8-11-3-2-5-14-7-11/h10-12,14H,2-9H2,1H3,(H,15,16). The van der Waals surface area contributed by atoms with E-state index in [1.165, 1.54) is 12.8 Å². The van der Waals surface area contributed by atoms with Crippen LogP contribution in [0.15, 0.2) is 0 Å². The minimum atomic E-state index is 0.153. The SMILES string of the molecule is CC1COCCC1C(=O)NCC1CCCNC1. The van der Waals surface area contributed by atoms with Gasteiger partial charge in [0.05, 0.1) is 0 Å². The van der Waals surface area contributed by atoms with Crippen molar-refractivity contribution < 1.29 is 9.53 Å². The summed E-state index contributed by atoms with van der Waals surface area (Å²) in [4.78, 5) is 12.1. The summed E-state index contributed by atoms with van der Waals surface area (Å²) in [5.74, 6) is 1.35. The molecule has 0 bridgehead atoms. The first-order valence-corrected chi connectivity index (χ1v) is 6.83. The number of nitrogens with one attached hydrogen (secondary N) is 2. The molecule has 98 valence electrons. The average molecular weight is 240 g/mol. The Morgan fingerprint density at radius 1 is 1.47 bits per heavy atom. The van der Waals surface area contributed by atoms with Crippen molar-refractivity contribution >= 4 is 5.91 Å². The molecule has 0 aromatic rings. The Hall–Kier alpha value is -0.610. The molecule has 2 aliphatic rings. The zero-order valence-corrected chi connectivity index (χ0v) is 10.7. The molecule has 2 rings (SSSR count). The number of hydrogen-bond donors (Lipinski definition) is 2. The third kappa shape index (κ3) is 3.68. The molecule has 0 spiro atoms. The van der Waals surface area contributed by atoms with Crippen LogP contribution in [-0.2, 0) is 9.53 Å². The van der Waals surface area contributed by atoms with Crippen LogP contribution in [0.2, 0.25) is 0 Å². The summed E-state index contributed by atoms with van der Waals surface area (Å²) in [6.45, 7) is 6.56. The molecule has 1 amide bonds. The van der Waals surface area contributed by atoms with Crippen LogP contribution in [0.1, 0.15) is 26.2 Å². The number of carbonyl (C=O) groups is 1. The van der Waals surface area contributed by atoms with Crippen molar-refractivity contribution in [1.82, 2.24) is 10.6 Å². The molecule has 4 heteroatoms. The van der Waals surface area contributed by atoms with E-state index in [2.05, 4.69) is 17.6 Å². The zero-order valence-electron chi connectivity index (χ0n) is 10.7. The van der Waals surface area contributed by atoms with Crippen LogP contribution in [-0.4, -0.2) is 38.8 Å². The Balaban J connectivity index is 1.72. The van der Waals surface area contributed by atoms with Crippen molar-refractivity contribution in [2.75, 3.05) is 32.8 Å². The zero-order chi connectivity index (χ0) is 12.1. The lowest BCUT2D eigenvalue weighted by atomic mass is 9.89. The van der Waals surface area contributed by atoms with Gasteiger partial charge in [0, 0.05) is 25.7 Å². The number of amides is 1. The van der Waals surface area contributed by atoms with Gasteiger partial charge in [-0.2, -0.15) is 0 Å². The molecule has 0 aromatic carbocycles. The van der Waals surface area contributed by atoms with Gasteiger partial charge in [0.2, 0.25) is 5.91 Å². The summed E-state index contributed by atoms with van der Waals surface area (Å²) in [6.07, 6.45) is 3.33. The van der Waals surface area contributed by atoms with Crippen molar-refractivity contribution in [2.45, 2.75) is 26.2 Å². The summed E-state index contributed by atoms with van der Waals surface area (Å²) in [5, 5.41) is 6.49. The lowest BCUT2D eigenvalue weighted by molar-refractivity contribution is -0.130. The second-order valence-electron chi connectivity index (χ2n) is 5.40. The molecular formula is C13H24N2O2. The maximum atomic E-state index is 12.1. The third-order valence-electron chi connectivity index (χ3n) is 3.94. The maximum absolute atomic E-state index is 12.1. The molecule has 0 radical (unpaired) electrons. The van der Waals surface area contributed by atoms with E-state index < -0.39 is 0 Å². The molecule has 0 aromatic heterocycles. The van der Waals surface area contributed by atoms with E-state index in [1.54, 1.807) is 0 Å². The molecule has 2 N–H and O–H groups in total. The average Bonchev–Trinajstić information content (AvgIpc) is 2.38. The molecule has 3 atom stereocenters. The van der Waals surface area contributed by atoms with E-state index in [1.807, 2.05) is 0 Å². The van der Waals surface area contributed by atoms with Crippen LogP contribution in [0.5, 0.6) is 0 Å². The quantitative estimate of drug-likeness (QED) is 0.766. The smallest absolute Gasteiger partial charge is 0.223 e. The fraction of sp³-hybridized carbons (Fsp3) is 0.923. The van der Waals surface area contributed by atoms with E-state index >= 15 is 0 Å². The molecule has 2 saturated heterocycles. The molecule has 2 fully saturated rings. The second kappa shape index (κ2) is 6.36. The van der Waals surface area contributed by atoms with Crippen LogP contribution in [0.4, 0.5) is 0 Å². The first-order chi connectivity index (χ1) is 8.27. The van der Waals surface area contributed by atoms with Gasteiger partial charge in [-0.15, -0.1) is 0 Å². The maximum Gasteiger partial charge on any atom is 0.223 e. The van der Waals surface area contributed by atoms with Gasteiger partial charge in [-0.3, -0.25) is 4.79 Å². The van der Waals surface area contributed by atoms with Crippen molar-refractivity contribution in [2.24, 2.45) is 17.8 Å². The molecule has 0 saturated carbocycles. The number of hydrogen-bond acceptors (Lipinski definition) is 3. The van der Waals surface area contributed by atoms with E-state index in [0.717, 1.165) is 39.3 Å². The Morgan fingerprint density at radius 3 is 3.06 bits per heavy atom. The van der Waals surface area contributed by atoms with Crippen LogP contribution >= 0.6 is 0 Å². The molecule has 2 heterocycles. The van der Waals surface area contributed by atoms with Gasteiger partial charge >= 0.3 is 0 Å². The number of rotatable bonds is 3. The molecular weight excluding hydrogens is 216 g/mol. The van der Waals surface area contributed by atoms with Gasteiger partial charge in [0.1, 0.15) is 0 Å². The molecule has 17 heavy (non-hydrogen) atoms. The Kier molecular flexibility index (Phi) is 4.80. The van der Waals surface area contributed by atoms with E-state index in [9.17, 15) is 4.79 Å². The summed E-state index contributed by atoms with van der Waals surface area (Å²) in [7, 11) is 0. The number of carbonyl (C=O) groups excluding carboxylic acids is 1. The van der Waals surface area contributed by atoms with Crippen molar-refractivity contribution in [3.05, 3.63) is 0 Å². The first-order valence-electron chi connectivity index (χ1n) is 6.83. The topological polar surface area (TPSA) is 50.4 Å². The lowest BCUT2D eigenvalue weighted by Gasteiger charge is -2.29. The van der Waals surface area contributed by atoms with Gasteiger partial charge in [0.25, 0.3) is 0 Å². The highest BCUT2D eigenvalue weighted by molar-refractivity contribution is 5.79. The fourth-order valence-electron chi connectivity index (χ4n) is 2.74. The van der Waals surface area contributed by atoms with E-state index in [0.29, 0.717) is 11.8 Å². The fourth-order valence-corrected chi connectivity index (χ4v) is 2.74. The highest BCUT2D eigenvalue weighted by atomic mass is 16.5.